The molecule has 0 bridgehead atoms. The Morgan fingerprint density at radius 3 is 2.33 bits per heavy atom. The smallest absolute Gasteiger partial charge is 0.234 e. The van der Waals surface area contributed by atoms with Crippen molar-refractivity contribution in [2.75, 3.05) is 12.8 Å². The predicted molar refractivity (Wildman–Crippen MR) is 147 cm³/mol. The van der Waals surface area contributed by atoms with Gasteiger partial charge in [-0.15, -0.1) is 0 Å². The van der Waals surface area contributed by atoms with Crippen molar-refractivity contribution in [2.24, 2.45) is 7.05 Å². The number of ether oxygens (including phenoxy) is 1. The average molecular weight is 524 g/mol. The van der Waals surface area contributed by atoms with Crippen molar-refractivity contribution >= 4 is 11.6 Å². The first-order valence-corrected chi connectivity index (χ1v) is 12.2. The number of nitrogens with two attached hydrogens (primary N) is 1. The number of rotatable bonds is 8. The van der Waals surface area contributed by atoms with Gasteiger partial charge >= 0.3 is 0 Å². The molecule has 39 heavy (non-hydrogen) atoms. The van der Waals surface area contributed by atoms with Gasteiger partial charge in [0.25, 0.3) is 0 Å². The summed E-state index contributed by atoms with van der Waals surface area (Å²) in [7, 11) is 3.23. The number of methoxy groups -OCH3 is 1. The maximum Gasteiger partial charge on any atom is 0.234 e. The Balaban J connectivity index is 1.37. The third-order valence-corrected chi connectivity index (χ3v) is 6.43. The van der Waals surface area contributed by atoms with E-state index in [1.54, 1.807) is 33.8 Å². The zero-order valence-electron chi connectivity index (χ0n) is 21.5. The lowest BCUT2D eigenvalue weighted by molar-refractivity contribution is 0.0990. The molecule has 3 heterocycles. The summed E-state index contributed by atoms with van der Waals surface area (Å²) >= 11 is 0. The Hall–Kier alpha value is -5.05. The maximum absolute atomic E-state index is 13.3. The monoisotopic (exact) mass is 523 g/mol. The molecular formula is C30H26FN5O3. The van der Waals surface area contributed by atoms with Crippen molar-refractivity contribution in [1.82, 2.24) is 19.3 Å². The molecule has 9 heteroatoms. The van der Waals surface area contributed by atoms with Crippen LogP contribution < -0.4 is 15.9 Å². The van der Waals surface area contributed by atoms with E-state index in [1.165, 1.54) is 31.6 Å². The summed E-state index contributed by atoms with van der Waals surface area (Å²) in [5, 5.41) is 4.21. The lowest BCUT2D eigenvalue weighted by Gasteiger charge is -2.12. The highest BCUT2D eigenvalue weighted by Crippen LogP contribution is 2.29. The Bertz CT molecular complexity index is 1710. The summed E-state index contributed by atoms with van der Waals surface area (Å²) < 4.78 is 21.9. The summed E-state index contributed by atoms with van der Waals surface area (Å²) in [6, 6.07) is 15.4. The normalized spacial score (nSPS) is 10.9. The second-order valence-corrected chi connectivity index (χ2v) is 9.22. The Labute approximate surface area is 224 Å². The Morgan fingerprint density at radius 1 is 0.949 bits per heavy atom. The van der Waals surface area contributed by atoms with Gasteiger partial charge in [0.2, 0.25) is 5.43 Å². The molecule has 2 aromatic carbocycles. The van der Waals surface area contributed by atoms with Gasteiger partial charge in [0, 0.05) is 55.3 Å². The van der Waals surface area contributed by atoms with Crippen molar-refractivity contribution in [3.05, 3.63) is 118 Å². The Morgan fingerprint density at radius 2 is 1.67 bits per heavy atom. The number of hydrogen-bond donors (Lipinski definition) is 1. The zero-order chi connectivity index (χ0) is 27.5. The van der Waals surface area contributed by atoms with Crippen LogP contribution in [0.25, 0.3) is 22.3 Å². The number of carbonyl (C=O) groups is 1. The van der Waals surface area contributed by atoms with E-state index in [-0.39, 0.29) is 29.3 Å². The SMILES string of the molecule is COc1cn(Cc2ccc(F)cc2)cc(C(=O)Cc2ccc(-c3cc(-c4cnn(C)c4)cnc3N)cc2)c1=O. The molecule has 0 saturated carbocycles. The van der Waals surface area contributed by atoms with Crippen LogP contribution in [0.4, 0.5) is 10.2 Å². The third-order valence-electron chi connectivity index (χ3n) is 6.43. The van der Waals surface area contributed by atoms with Crippen LogP contribution in [0.5, 0.6) is 5.75 Å². The van der Waals surface area contributed by atoms with Gasteiger partial charge < -0.3 is 15.0 Å². The number of aryl methyl sites for hydroxylation is 1. The maximum atomic E-state index is 13.3. The highest BCUT2D eigenvalue weighted by Gasteiger charge is 2.17. The van der Waals surface area contributed by atoms with Crippen LogP contribution >= 0.6 is 0 Å². The minimum absolute atomic E-state index is 0.0261. The van der Waals surface area contributed by atoms with Crippen LogP contribution in [0.2, 0.25) is 0 Å². The molecule has 0 aliphatic heterocycles. The Kier molecular flexibility index (Phi) is 7.05. The van der Waals surface area contributed by atoms with Gasteiger partial charge in [-0.1, -0.05) is 36.4 Å². The molecule has 0 spiro atoms. The number of halogens is 1. The second-order valence-electron chi connectivity index (χ2n) is 9.22. The first-order valence-electron chi connectivity index (χ1n) is 12.2. The van der Waals surface area contributed by atoms with Gasteiger partial charge in [0.1, 0.15) is 11.6 Å². The van der Waals surface area contributed by atoms with E-state index in [9.17, 15) is 14.0 Å². The minimum atomic E-state index is -0.472. The molecule has 2 N–H and O–H groups in total. The molecule has 0 aliphatic rings. The predicted octanol–water partition coefficient (Wildman–Crippen LogP) is 4.51. The van der Waals surface area contributed by atoms with Gasteiger partial charge in [-0.3, -0.25) is 14.3 Å². The number of pyridine rings is 2. The number of Topliss-reactive ketones (excluding diaryl/α,β-unsaturated/α-hetero) is 1. The highest BCUT2D eigenvalue weighted by molar-refractivity contribution is 5.97. The fourth-order valence-electron chi connectivity index (χ4n) is 4.36. The third kappa shape index (κ3) is 5.62. The quantitative estimate of drug-likeness (QED) is 0.300. The molecule has 0 radical (unpaired) electrons. The van der Waals surface area contributed by atoms with E-state index in [4.69, 9.17) is 10.5 Å². The number of nitrogens with zero attached hydrogens (tertiary/aromatic N) is 4. The van der Waals surface area contributed by atoms with Crippen LogP contribution in [0.1, 0.15) is 21.5 Å². The topological polar surface area (TPSA) is 105 Å². The lowest BCUT2D eigenvalue weighted by atomic mass is 9.99. The minimum Gasteiger partial charge on any atom is -0.491 e. The second kappa shape index (κ2) is 10.7. The molecule has 3 aromatic heterocycles. The number of ketones is 1. The molecule has 0 unspecified atom stereocenters. The van der Waals surface area contributed by atoms with E-state index in [1.807, 2.05) is 43.6 Å². The summed E-state index contributed by atoms with van der Waals surface area (Å²) in [4.78, 5) is 30.4. The number of nitrogen functional groups attached to an aromatic ring is 1. The van der Waals surface area contributed by atoms with Crippen molar-refractivity contribution in [3.63, 3.8) is 0 Å². The molecule has 5 aromatic rings. The van der Waals surface area contributed by atoms with Crippen LogP contribution in [-0.2, 0) is 20.0 Å². The van der Waals surface area contributed by atoms with Crippen LogP contribution in [0.3, 0.4) is 0 Å². The van der Waals surface area contributed by atoms with E-state index in [0.717, 1.165) is 33.4 Å². The van der Waals surface area contributed by atoms with Gasteiger partial charge in [-0.05, 0) is 34.9 Å². The van der Waals surface area contributed by atoms with Gasteiger partial charge in [0.15, 0.2) is 11.5 Å². The van der Waals surface area contributed by atoms with E-state index in [2.05, 4.69) is 10.1 Å². The molecule has 0 aliphatic carbocycles. The number of anilines is 1. The molecule has 5 rings (SSSR count). The van der Waals surface area contributed by atoms with Crippen LogP contribution in [-0.4, -0.2) is 32.2 Å². The van der Waals surface area contributed by atoms with E-state index < -0.39 is 5.43 Å². The fraction of sp³-hybridized carbons (Fsp3) is 0.133. The number of carbonyl (C=O) groups excluding carboxylic acids is 1. The van der Waals surface area contributed by atoms with Crippen LogP contribution in [0, 0.1) is 5.82 Å². The summed E-state index contributed by atoms with van der Waals surface area (Å²) in [6.07, 6.45) is 8.45. The molecule has 0 fully saturated rings. The molecule has 8 nitrogen and oxygen atoms in total. The molecule has 0 atom stereocenters. The van der Waals surface area contributed by atoms with Gasteiger partial charge in [-0.25, -0.2) is 9.37 Å². The number of aromatic nitrogens is 4. The van der Waals surface area contributed by atoms with Gasteiger partial charge in [0.05, 0.1) is 25.1 Å². The first-order chi connectivity index (χ1) is 18.8. The highest BCUT2D eigenvalue weighted by atomic mass is 19.1. The van der Waals surface area contributed by atoms with Crippen molar-refractivity contribution in [3.8, 4) is 28.0 Å². The van der Waals surface area contributed by atoms with E-state index in [0.29, 0.717) is 12.4 Å². The van der Waals surface area contributed by atoms with Crippen LogP contribution in [0.15, 0.2) is 90.4 Å². The zero-order valence-corrected chi connectivity index (χ0v) is 21.5. The van der Waals surface area contributed by atoms with Crippen molar-refractivity contribution in [2.45, 2.75) is 13.0 Å². The summed E-state index contributed by atoms with van der Waals surface area (Å²) in [6.45, 7) is 0.347. The molecule has 196 valence electrons. The summed E-state index contributed by atoms with van der Waals surface area (Å²) in [5.74, 6) is -0.211. The number of hydrogen-bond acceptors (Lipinski definition) is 6. The van der Waals surface area contributed by atoms with Gasteiger partial charge in [-0.2, -0.15) is 5.10 Å². The largest absolute Gasteiger partial charge is 0.491 e. The van der Waals surface area contributed by atoms with E-state index >= 15 is 0 Å². The molecule has 0 amide bonds. The average Bonchev–Trinajstić information content (AvgIpc) is 3.37. The number of benzene rings is 2. The van der Waals surface area contributed by atoms with Crippen molar-refractivity contribution in [1.29, 1.82) is 0 Å². The summed E-state index contributed by atoms with van der Waals surface area (Å²) in [5.41, 5.74) is 10.7. The molecular weight excluding hydrogens is 497 g/mol. The first kappa shape index (κ1) is 25.6. The molecule has 0 saturated heterocycles. The standard InChI is InChI=1S/C30H26FN5O3/c1-35-16-23(14-34-35)22-12-25(30(32)33-13-22)21-7-3-19(4-8-21)11-27(37)26-17-36(18-28(39-2)29(26)38)15-20-5-9-24(31)10-6-20/h3-10,12-14,16-18H,11,15H2,1-2H3,(H2,32,33). The lowest BCUT2D eigenvalue weighted by Crippen LogP contribution is -2.21. The van der Waals surface area contributed by atoms with Crippen molar-refractivity contribution < 1.29 is 13.9 Å². The fourth-order valence-corrected chi connectivity index (χ4v) is 4.36.